The lowest BCUT2D eigenvalue weighted by molar-refractivity contribution is -0.145. The van der Waals surface area contributed by atoms with E-state index in [0.29, 0.717) is 6.54 Å². The highest BCUT2D eigenvalue weighted by atomic mass is 16.6. The lowest BCUT2D eigenvalue weighted by Crippen LogP contribution is -2.45. The Morgan fingerprint density at radius 1 is 1.13 bits per heavy atom. The molecule has 162 valence electrons. The number of nitrogens with one attached hydrogen (secondary N) is 1. The molecule has 1 unspecified atom stereocenters. The fraction of sp³-hybridized carbons (Fsp3) is 0.417. The van der Waals surface area contributed by atoms with Crippen LogP contribution in [0.15, 0.2) is 42.5 Å². The largest absolute Gasteiger partial charge is 0.464 e. The molecular weight excluding hydrogens is 380 g/mol. The third kappa shape index (κ3) is 6.88. The molecule has 0 saturated carbocycles. The van der Waals surface area contributed by atoms with Crippen LogP contribution >= 0.6 is 0 Å². The number of alkyl carbamates (subject to hydrolysis) is 1. The Labute approximate surface area is 178 Å². The second kappa shape index (κ2) is 10.3. The van der Waals surface area contributed by atoms with E-state index in [1.54, 1.807) is 27.7 Å². The Balaban J connectivity index is 2.26. The lowest BCUT2D eigenvalue weighted by Gasteiger charge is -2.23. The molecule has 3 N–H and O–H groups in total. The molecule has 0 aliphatic carbocycles. The molecule has 1 amide bonds. The second-order valence-electron chi connectivity index (χ2n) is 8.22. The van der Waals surface area contributed by atoms with Crippen LogP contribution in [0.3, 0.4) is 0 Å². The van der Waals surface area contributed by atoms with Gasteiger partial charge in [-0.25, -0.2) is 9.59 Å². The van der Waals surface area contributed by atoms with Crippen molar-refractivity contribution in [2.75, 3.05) is 6.61 Å². The van der Waals surface area contributed by atoms with E-state index in [4.69, 9.17) is 15.2 Å². The van der Waals surface area contributed by atoms with Crippen molar-refractivity contribution in [3.05, 3.63) is 59.2 Å². The SMILES string of the molecule is CCOC(=O)C(Cc1ccc(-c2cccc(C)c2)c(CN)c1)NC(=O)OC(C)(C)C. The van der Waals surface area contributed by atoms with Crippen LogP contribution < -0.4 is 11.1 Å². The number of hydrogen-bond donors (Lipinski definition) is 2. The Bertz CT molecular complexity index is 887. The minimum Gasteiger partial charge on any atom is -0.464 e. The zero-order chi connectivity index (χ0) is 22.3. The van der Waals surface area contributed by atoms with Gasteiger partial charge in [0.2, 0.25) is 0 Å². The molecule has 0 radical (unpaired) electrons. The summed E-state index contributed by atoms with van der Waals surface area (Å²) in [6, 6.07) is 13.3. The molecule has 2 aromatic rings. The van der Waals surface area contributed by atoms with E-state index in [0.717, 1.165) is 22.3 Å². The summed E-state index contributed by atoms with van der Waals surface area (Å²) in [6.45, 7) is 9.67. The van der Waals surface area contributed by atoms with Gasteiger partial charge in [0.05, 0.1) is 6.61 Å². The van der Waals surface area contributed by atoms with E-state index >= 15 is 0 Å². The fourth-order valence-corrected chi connectivity index (χ4v) is 3.16. The Kier molecular flexibility index (Phi) is 8.00. The van der Waals surface area contributed by atoms with Gasteiger partial charge in [0.1, 0.15) is 11.6 Å². The van der Waals surface area contributed by atoms with Crippen LogP contribution in [0.4, 0.5) is 4.79 Å². The molecule has 6 heteroatoms. The van der Waals surface area contributed by atoms with Crippen molar-refractivity contribution in [3.8, 4) is 11.1 Å². The van der Waals surface area contributed by atoms with Crippen molar-refractivity contribution in [2.45, 2.75) is 59.2 Å². The monoisotopic (exact) mass is 412 g/mol. The van der Waals surface area contributed by atoms with Gasteiger partial charge < -0.3 is 20.5 Å². The molecular formula is C24H32N2O4. The number of carbonyl (C=O) groups excluding carboxylic acids is 2. The topological polar surface area (TPSA) is 90.6 Å². The van der Waals surface area contributed by atoms with Gasteiger partial charge >= 0.3 is 12.1 Å². The van der Waals surface area contributed by atoms with Crippen LogP contribution in [0.2, 0.25) is 0 Å². The molecule has 0 saturated heterocycles. The number of amides is 1. The van der Waals surface area contributed by atoms with Crippen LogP contribution in [0.1, 0.15) is 44.4 Å². The van der Waals surface area contributed by atoms with E-state index in [-0.39, 0.29) is 13.0 Å². The number of esters is 1. The first kappa shape index (κ1) is 23.4. The van der Waals surface area contributed by atoms with E-state index < -0.39 is 23.7 Å². The van der Waals surface area contributed by atoms with Crippen molar-refractivity contribution < 1.29 is 19.1 Å². The highest BCUT2D eigenvalue weighted by molar-refractivity contribution is 5.82. The summed E-state index contributed by atoms with van der Waals surface area (Å²) < 4.78 is 10.4. The quantitative estimate of drug-likeness (QED) is 0.668. The zero-order valence-corrected chi connectivity index (χ0v) is 18.5. The Hall–Kier alpha value is -2.86. The molecule has 0 spiro atoms. The van der Waals surface area contributed by atoms with E-state index in [1.807, 2.05) is 43.3 Å². The smallest absolute Gasteiger partial charge is 0.408 e. The van der Waals surface area contributed by atoms with Crippen molar-refractivity contribution in [2.24, 2.45) is 5.73 Å². The fourth-order valence-electron chi connectivity index (χ4n) is 3.16. The predicted octanol–water partition coefficient (Wildman–Crippen LogP) is 4.12. The Morgan fingerprint density at radius 2 is 1.87 bits per heavy atom. The molecule has 1 atom stereocenters. The molecule has 0 heterocycles. The van der Waals surface area contributed by atoms with Crippen LogP contribution in [0, 0.1) is 6.92 Å². The summed E-state index contributed by atoms with van der Waals surface area (Å²) in [5.41, 5.74) is 10.5. The summed E-state index contributed by atoms with van der Waals surface area (Å²) in [5, 5.41) is 2.63. The second-order valence-corrected chi connectivity index (χ2v) is 8.22. The maximum atomic E-state index is 12.4. The molecule has 0 bridgehead atoms. The molecule has 6 nitrogen and oxygen atoms in total. The standard InChI is InChI=1S/C24H32N2O4/c1-6-29-22(27)21(26-23(28)30-24(3,4)5)14-17-10-11-20(19(13-17)15-25)18-9-7-8-16(2)12-18/h7-13,21H,6,14-15,25H2,1-5H3,(H,26,28). The highest BCUT2D eigenvalue weighted by Crippen LogP contribution is 2.26. The van der Waals surface area contributed by atoms with Crippen molar-refractivity contribution >= 4 is 12.1 Å². The molecule has 2 aromatic carbocycles. The van der Waals surface area contributed by atoms with Crippen LogP contribution in [-0.4, -0.2) is 30.3 Å². The number of nitrogens with two attached hydrogens (primary N) is 1. The van der Waals surface area contributed by atoms with Gasteiger partial charge in [0.15, 0.2) is 0 Å². The number of rotatable bonds is 7. The molecule has 0 aromatic heterocycles. The van der Waals surface area contributed by atoms with Gasteiger partial charge in [0, 0.05) is 13.0 Å². The van der Waals surface area contributed by atoms with Gasteiger partial charge in [-0.2, -0.15) is 0 Å². The maximum absolute atomic E-state index is 12.4. The van der Waals surface area contributed by atoms with Crippen LogP contribution in [0.25, 0.3) is 11.1 Å². The van der Waals surface area contributed by atoms with Crippen LogP contribution in [0.5, 0.6) is 0 Å². The van der Waals surface area contributed by atoms with Crippen molar-refractivity contribution in [1.29, 1.82) is 0 Å². The third-order valence-electron chi connectivity index (χ3n) is 4.42. The summed E-state index contributed by atoms with van der Waals surface area (Å²) >= 11 is 0. The molecule has 0 fully saturated rings. The number of carbonyl (C=O) groups is 2. The van der Waals surface area contributed by atoms with Gasteiger partial charge in [-0.3, -0.25) is 0 Å². The molecule has 0 aliphatic heterocycles. The minimum atomic E-state index is -0.852. The van der Waals surface area contributed by atoms with Crippen molar-refractivity contribution in [3.63, 3.8) is 0 Å². The van der Waals surface area contributed by atoms with E-state index in [2.05, 4.69) is 11.4 Å². The lowest BCUT2D eigenvalue weighted by atomic mass is 9.94. The molecule has 0 aliphatic rings. The average Bonchev–Trinajstić information content (AvgIpc) is 2.66. The van der Waals surface area contributed by atoms with E-state index in [9.17, 15) is 9.59 Å². The minimum absolute atomic E-state index is 0.228. The zero-order valence-electron chi connectivity index (χ0n) is 18.5. The normalized spacial score (nSPS) is 12.2. The molecule has 30 heavy (non-hydrogen) atoms. The first-order chi connectivity index (χ1) is 14.1. The van der Waals surface area contributed by atoms with Gasteiger partial charge in [0.25, 0.3) is 0 Å². The maximum Gasteiger partial charge on any atom is 0.408 e. The summed E-state index contributed by atoms with van der Waals surface area (Å²) in [5.74, 6) is -0.500. The summed E-state index contributed by atoms with van der Waals surface area (Å²) in [7, 11) is 0. The van der Waals surface area contributed by atoms with Crippen LogP contribution in [-0.2, 0) is 27.2 Å². The summed E-state index contributed by atoms with van der Waals surface area (Å²) in [4.78, 5) is 24.6. The van der Waals surface area contributed by atoms with Gasteiger partial charge in [-0.15, -0.1) is 0 Å². The summed E-state index contributed by atoms with van der Waals surface area (Å²) in [6.07, 6.45) is -0.380. The first-order valence-corrected chi connectivity index (χ1v) is 10.2. The predicted molar refractivity (Wildman–Crippen MR) is 118 cm³/mol. The van der Waals surface area contributed by atoms with E-state index in [1.165, 1.54) is 5.56 Å². The third-order valence-corrected chi connectivity index (χ3v) is 4.42. The number of hydrogen-bond acceptors (Lipinski definition) is 5. The molecule has 2 rings (SSSR count). The van der Waals surface area contributed by atoms with Crippen molar-refractivity contribution in [1.82, 2.24) is 5.32 Å². The number of aryl methyl sites for hydroxylation is 1. The van der Waals surface area contributed by atoms with Gasteiger partial charge in [-0.1, -0.05) is 48.0 Å². The number of benzene rings is 2. The number of ether oxygens (including phenoxy) is 2. The van der Waals surface area contributed by atoms with Gasteiger partial charge in [-0.05, 0) is 56.9 Å². The first-order valence-electron chi connectivity index (χ1n) is 10.2. The Morgan fingerprint density at radius 3 is 2.47 bits per heavy atom. The average molecular weight is 413 g/mol. The highest BCUT2D eigenvalue weighted by Gasteiger charge is 2.26.